The molecule has 0 unspecified atom stereocenters. The number of nitrogens with two attached hydrogens (primary N) is 1. The van der Waals surface area contributed by atoms with Gasteiger partial charge in [-0.3, -0.25) is 15.2 Å². The monoisotopic (exact) mass is 467 g/mol. The molecule has 5 rings (SSSR count). The van der Waals surface area contributed by atoms with E-state index in [1.165, 1.54) is 35.1 Å². The number of anilines is 1. The fourth-order valence-corrected chi connectivity index (χ4v) is 3.41. The van der Waals surface area contributed by atoms with Crippen LogP contribution in [0.5, 0.6) is 0 Å². The molecule has 0 aliphatic heterocycles. The summed E-state index contributed by atoms with van der Waals surface area (Å²) in [6.45, 7) is 0. The Morgan fingerprint density at radius 1 is 1.09 bits per heavy atom. The fraction of sp³-hybridized carbons (Fsp3) is 0. The van der Waals surface area contributed by atoms with Crippen molar-refractivity contribution >= 4 is 29.3 Å². The van der Waals surface area contributed by atoms with Gasteiger partial charge < -0.3 is 16.0 Å². The third-order valence-corrected chi connectivity index (χ3v) is 5.02. The van der Waals surface area contributed by atoms with E-state index in [4.69, 9.17) is 11.1 Å². The molecule has 1 aromatic carbocycles. The van der Waals surface area contributed by atoms with Gasteiger partial charge in [0.2, 0.25) is 0 Å². The van der Waals surface area contributed by atoms with Crippen LogP contribution in [0.2, 0.25) is 0 Å². The fourth-order valence-electron chi connectivity index (χ4n) is 3.41. The Balaban J connectivity index is 1.52. The predicted molar refractivity (Wildman–Crippen MR) is 129 cm³/mol. The van der Waals surface area contributed by atoms with Crippen molar-refractivity contribution in [3.8, 4) is 22.6 Å². The second-order valence-electron chi connectivity index (χ2n) is 7.48. The number of carbonyl (C=O) groups is 1. The summed E-state index contributed by atoms with van der Waals surface area (Å²) in [7, 11) is 0. The van der Waals surface area contributed by atoms with Crippen molar-refractivity contribution in [2.24, 2.45) is 5.73 Å². The van der Waals surface area contributed by atoms with Gasteiger partial charge >= 0.3 is 0 Å². The van der Waals surface area contributed by atoms with E-state index in [1.54, 1.807) is 48.7 Å². The number of amidine groups is 1. The number of halogens is 1. The maximum atomic E-state index is 13.5. The summed E-state index contributed by atoms with van der Waals surface area (Å²) in [6.07, 6.45) is 7.65. The highest BCUT2D eigenvalue weighted by Gasteiger charge is 2.16. The molecule has 1 amide bonds. The van der Waals surface area contributed by atoms with Crippen molar-refractivity contribution in [2.45, 2.75) is 0 Å². The van der Waals surface area contributed by atoms with Crippen LogP contribution >= 0.6 is 0 Å². The lowest BCUT2D eigenvalue weighted by molar-refractivity contribution is 0.102. The first-order valence-electron chi connectivity index (χ1n) is 10.4. The quantitative estimate of drug-likeness (QED) is 0.222. The molecule has 11 heteroatoms. The summed E-state index contributed by atoms with van der Waals surface area (Å²) in [5.41, 5.74) is 8.75. The molecule has 10 nitrogen and oxygen atoms in total. The van der Waals surface area contributed by atoms with Crippen LogP contribution in [0.3, 0.4) is 0 Å². The molecule has 35 heavy (non-hydrogen) atoms. The number of benzene rings is 1. The van der Waals surface area contributed by atoms with Crippen LogP contribution in [0.1, 0.15) is 16.2 Å². The third kappa shape index (κ3) is 4.64. The van der Waals surface area contributed by atoms with Crippen LogP contribution in [0.4, 0.5) is 10.2 Å². The van der Waals surface area contributed by atoms with Crippen LogP contribution in [0.15, 0.2) is 73.2 Å². The highest BCUT2D eigenvalue weighted by atomic mass is 19.1. The summed E-state index contributed by atoms with van der Waals surface area (Å²) in [5, 5.41) is 14.8. The van der Waals surface area contributed by atoms with Gasteiger partial charge in [-0.15, -0.1) is 0 Å². The largest absolute Gasteiger partial charge is 0.384 e. The van der Waals surface area contributed by atoms with Gasteiger partial charge in [-0.1, -0.05) is 0 Å². The average Bonchev–Trinajstić information content (AvgIpc) is 3.47. The Labute approximate surface area is 197 Å². The summed E-state index contributed by atoms with van der Waals surface area (Å²) in [4.78, 5) is 28.5. The second-order valence-corrected chi connectivity index (χ2v) is 7.48. The van der Waals surface area contributed by atoms with E-state index in [0.717, 1.165) is 0 Å². The van der Waals surface area contributed by atoms with E-state index in [2.05, 4.69) is 30.4 Å². The van der Waals surface area contributed by atoms with Gasteiger partial charge in [0.05, 0.1) is 17.6 Å². The lowest BCUT2D eigenvalue weighted by atomic mass is 10.1. The van der Waals surface area contributed by atoms with Gasteiger partial charge in [0, 0.05) is 23.5 Å². The minimum absolute atomic E-state index is 0.120. The first kappa shape index (κ1) is 21.6. The number of carbonyl (C=O) groups excluding carboxylic acids is 1. The molecular formula is C24H18FN9O. The SMILES string of the molecule is N=C(N)/C=C\c1nc(-c2ccc(F)cc2)c(-c2ccc3nc(NC(=O)c4ccncc4)cn3n2)[nH]1. The van der Waals surface area contributed by atoms with E-state index in [1.807, 2.05) is 0 Å². The minimum Gasteiger partial charge on any atom is -0.384 e. The van der Waals surface area contributed by atoms with Crippen LogP contribution in [-0.2, 0) is 0 Å². The maximum absolute atomic E-state index is 13.5. The molecule has 0 aliphatic carbocycles. The summed E-state index contributed by atoms with van der Waals surface area (Å²) in [6, 6.07) is 12.7. The predicted octanol–water partition coefficient (Wildman–Crippen LogP) is 3.52. The van der Waals surface area contributed by atoms with Crippen molar-refractivity contribution in [2.75, 3.05) is 5.32 Å². The Morgan fingerprint density at radius 3 is 2.60 bits per heavy atom. The zero-order valence-corrected chi connectivity index (χ0v) is 18.1. The third-order valence-electron chi connectivity index (χ3n) is 5.02. The number of H-pyrrole nitrogens is 1. The molecule has 5 N–H and O–H groups in total. The molecule has 0 bridgehead atoms. The zero-order chi connectivity index (χ0) is 24.4. The van der Waals surface area contributed by atoms with E-state index >= 15 is 0 Å². The number of amides is 1. The first-order valence-corrected chi connectivity index (χ1v) is 10.4. The number of hydrogen-bond donors (Lipinski definition) is 4. The Kier molecular flexibility index (Phi) is 5.55. The lowest BCUT2D eigenvalue weighted by Crippen LogP contribution is -2.11. The number of imidazole rings is 2. The highest BCUT2D eigenvalue weighted by molar-refractivity contribution is 6.03. The molecule has 0 fully saturated rings. The van der Waals surface area contributed by atoms with Crippen LogP contribution in [-0.4, -0.2) is 41.3 Å². The number of hydrogen-bond acceptors (Lipinski definition) is 6. The topological polar surface area (TPSA) is 151 Å². The average molecular weight is 467 g/mol. The highest BCUT2D eigenvalue weighted by Crippen LogP contribution is 2.30. The Morgan fingerprint density at radius 2 is 1.86 bits per heavy atom. The number of nitrogens with zero attached hydrogens (tertiary/aromatic N) is 5. The van der Waals surface area contributed by atoms with Crippen LogP contribution < -0.4 is 11.1 Å². The van der Waals surface area contributed by atoms with Crippen molar-refractivity contribution < 1.29 is 9.18 Å². The van der Waals surface area contributed by atoms with E-state index in [9.17, 15) is 9.18 Å². The smallest absolute Gasteiger partial charge is 0.256 e. The number of pyridine rings is 1. The van der Waals surface area contributed by atoms with Gasteiger partial charge in [-0.2, -0.15) is 5.10 Å². The normalized spacial score (nSPS) is 11.2. The molecule has 0 radical (unpaired) electrons. The van der Waals surface area contributed by atoms with Crippen LogP contribution in [0.25, 0.3) is 34.4 Å². The van der Waals surface area contributed by atoms with Crippen molar-refractivity contribution in [1.29, 1.82) is 5.41 Å². The number of aromatic nitrogens is 6. The lowest BCUT2D eigenvalue weighted by Gasteiger charge is -2.03. The number of aromatic amines is 1. The molecule has 4 heterocycles. The summed E-state index contributed by atoms with van der Waals surface area (Å²) >= 11 is 0. The van der Waals surface area contributed by atoms with Gasteiger partial charge in [0.25, 0.3) is 5.91 Å². The summed E-state index contributed by atoms with van der Waals surface area (Å²) in [5.74, 6) is -0.00483. The molecule has 0 spiro atoms. The standard InChI is InChI=1S/C24H18FN9O/c25-16-3-1-14(2-4-16)22-23(31-19(30-22)7-6-18(26)27)17-5-8-21-29-20(13-34(21)33-17)32-24(35)15-9-11-28-12-10-15/h1-13H,(H3,26,27)(H,30,31)(H,32,35)/b7-6-. The number of fused-ring (bicyclic) bond motifs is 1. The Bertz CT molecular complexity index is 1570. The number of nitrogens with one attached hydrogen (secondary N) is 3. The second kappa shape index (κ2) is 8.98. The Hall–Kier alpha value is -5.19. The zero-order valence-electron chi connectivity index (χ0n) is 18.1. The number of rotatable bonds is 6. The van der Waals surface area contributed by atoms with Crippen LogP contribution in [0, 0.1) is 11.2 Å². The van der Waals surface area contributed by atoms with E-state index in [-0.39, 0.29) is 17.6 Å². The summed E-state index contributed by atoms with van der Waals surface area (Å²) < 4.78 is 15.0. The van der Waals surface area contributed by atoms with Crippen molar-refractivity contribution in [3.05, 3.63) is 90.4 Å². The molecule has 4 aromatic heterocycles. The van der Waals surface area contributed by atoms with Crippen molar-refractivity contribution in [1.82, 2.24) is 29.5 Å². The minimum atomic E-state index is -0.359. The molecule has 0 aliphatic rings. The molecule has 0 saturated heterocycles. The molecule has 0 saturated carbocycles. The van der Waals surface area contributed by atoms with E-state index in [0.29, 0.717) is 45.5 Å². The van der Waals surface area contributed by atoms with Gasteiger partial charge in [-0.25, -0.2) is 18.9 Å². The molecule has 172 valence electrons. The maximum Gasteiger partial charge on any atom is 0.256 e. The molecule has 5 aromatic rings. The van der Waals surface area contributed by atoms with E-state index < -0.39 is 0 Å². The van der Waals surface area contributed by atoms with Gasteiger partial charge in [0.1, 0.15) is 23.2 Å². The van der Waals surface area contributed by atoms with Gasteiger partial charge in [-0.05, 0) is 60.7 Å². The van der Waals surface area contributed by atoms with Gasteiger partial charge in [0.15, 0.2) is 11.5 Å². The molecular weight excluding hydrogens is 449 g/mol. The van der Waals surface area contributed by atoms with Crippen molar-refractivity contribution in [3.63, 3.8) is 0 Å². The molecule has 0 atom stereocenters. The first-order chi connectivity index (χ1) is 17.0.